The summed E-state index contributed by atoms with van der Waals surface area (Å²) in [5.74, 6) is -0.319. The van der Waals surface area contributed by atoms with Crippen molar-refractivity contribution in [2.24, 2.45) is 0 Å². The van der Waals surface area contributed by atoms with Gasteiger partial charge in [-0.1, -0.05) is 18.2 Å². The van der Waals surface area contributed by atoms with Crippen LogP contribution < -0.4 is 11.1 Å². The van der Waals surface area contributed by atoms with Crippen LogP contribution >= 0.6 is 0 Å². The Morgan fingerprint density at radius 3 is 2.87 bits per heavy atom. The first-order valence-electron chi connectivity index (χ1n) is 4.85. The minimum absolute atomic E-state index is 0.229. The maximum Gasteiger partial charge on any atom is 0.149 e. The van der Waals surface area contributed by atoms with Gasteiger partial charge >= 0.3 is 0 Å². The summed E-state index contributed by atoms with van der Waals surface area (Å²) >= 11 is 0. The number of nitrogens with two attached hydrogens (primary N) is 1. The first-order chi connectivity index (χ1) is 7.20. The second kappa shape index (κ2) is 3.77. The topological polar surface area (TPSA) is 38.0 Å². The third-order valence-electron chi connectivity index (χ3n) is 2.50. The van der Waals surface area contributed by atoms with Gasteiger partial charge in [0.2, 0.25) is 0 Å². The Morgan fingerprint density at radius 2 is 2.20 bits per heavy atom. The molecule has 0 atom stereocenters. The zero-order valence-electron chi connectivity index (χ0n) is 8.55. The number of dihydropyridines is 1. The quantitative estimate of drug-likeness (QED) is 0.688. The monoisotopic (exact) mass is 204 g/mol. The van der Waals surface area contributed by atoms with E-state index in [1.807, 2.05) is 24.4 Å². The zero-order valence-corrected chi connectivity index (χ0v) is 8.55. The van der Waals surface area contributed by atoms with Crippen molar-refractivity contribution in [2.75, 3.05) is 12.3 Å². The fourth-order valence-electron chi connectivity index (χ4n) is 1.61. The first-order valence-corrected chi connectivity index (χ1v) is 4.85. The minimum Gasteiger partial charge on any atom is -0.396 e. The van der Waals surface area contributed by atoms with Crippen molar-refractivity contribution in [3.63, 3.8) is 0 Å². The molecular formula is C12H13FN2. The SMILES string of the molecule is Cc1ccc(C2=CCNC=C2)c(N)c1F. The Labute approximate surface area is 88.3 Å². The van der Waals surface area contributed by atoms with Gasteiger partial charge in [0, 0.05) is 12.1 Å². The van der Waals surface area contributed by atoms with Crippen LogP contribution in [0.5, 0.6) is 0 Å². The van der Waals surface area contributed by atoms with E-state index in [0.29, 0.717) is 5.56 Å². The van der Waals surface area contributed by atoms with Gasteiger partial charge in [0.15, 0.2) is 0 Å². The van der Waals surface area contributed by atoms with Gasteiger partial charge in [0.1, 0.15) is 5.82 Å². The van der Waals surface area contributed by atoms with Crippen LogP contribution in [0.1, 0.15) is 11.1 Å². The summed E-state index contributed by atoms with van der Waals surface area (Å²) < 4.78 is 13.6. The Bertz CT molecular complexity index is 447. The summed E-state index contributed by atoms with van der Waals surface area (Å²) in [5, 5.41) is 3.04. The standard InChI is InChI=1S/C12H13FN2/c1-8-2-3-10(12(14)11(8)13)9-4-6-15-7-5-9/h2-6,15H,7,14H2,1H3. The average Bonchev–Trinajstić information content (AvgIpc) is 2.27. The summed E-state index contributed by atoms with van der Waals surface area (Å²) in [4.78, 5) is 0. The van der Waals surface area contributed by atoms with Gasteiger partial charge in [-0.05, 0) is 30.3 Å². The highest BCUT2D eigenvalue weighted by Crippen LogP contribution is 2.27. The molecule has 0 aliphatic carbocycles. The molecule has 78 valence electrons. The highest BCUT2D eigenvalue weighted by Gasteiger charge is 2.10. The summed E-state index contributed by atoms with van der Waals surface area (Å²) in [6.07, 6.45) is 5.72. The molecule has 2 nitrogen and oxygen atoms in total. The van der Waals surface area contributed by atoms with Gasteiger partial charge in [-0.15, -0.1) is 0 Å². The van der Waals surface area contributed by atoms with E-state index in [4.69, 9.17) is 5.73 Å². The van der Waals surface area contributed by atoms with Crippen molar-refractivity contribution in [2.45, 2.75) is 6.92 Å². The number of hydrogen-bond acceptors (Lipinski definition) is 2. The van der Waals surface area contributed by atoms with Gasteiger partial charge in [-0.25, -0.2) is 4.39 Å². The maximum atomic E-state index is 13.6. The molecule has 0 saturated heterocycles. The third-order valence-corrected chi connectivity index (χ3v) is 2.50. The van der Waals surface area contributed by atoms with Crippen LogP contribution in [-0.4, -0.2) is 6.54 Å². The fraction of sp³-hybridized carbons (Fsp3) is 0.167. The molecule has 0 radical (unpaired) electrons. The molecule has 0 fully saturated rings. The lowest BCUT2D eigenvalue weighted by molar-refractivity contribution is 0.623. The number of aryl methyl sites for hydroxylation is 1. The van der Waals surface area contributed by atoms with E-state index in [1.54, 1.807) is 13.0 Å². The van der Waals surface area contributed by atoms with E-state index in [0.717, 1.165) is 17.7 Å². The molecule has 0 aromatic heterocycles. The molecule has 1 aliphatic heterocycles. The number of anilines is 1. The fourth-order valence-corrected chi connectivity index (χ4v) is 1.61. The molecule has 0 spiro atoms. The van der Waals surface area contributed by atoms with Crippen LogP contribution in [0.4, 0.5) is 10.1 Å². The molecule has 0 saturated carbocycles. The number of halogens is 1. The normalized spacial score (nSPS) is 14.7. The molecule has 1 aromatic carbocycles. The molecule has 0 amide bonds. The molecule has 15 heavy (non-hydrogen) atoms. The van der Waals surface area contributed by atoms with E-state index in [2.05, 4.69) is 5.32 Å². The van der Waals surface area contributed by atoms with Crippen molar-refractivity contribution < 1.29 is 4.39 Å². The van der Waals surface area contributed by atoms with Crippen LogP contribution in [0, 0.1) is 12.7 Å². The Kier molecular flexibility index (Phi) is 2.46. The lowest BCUT2D eigenvalue weighted by atomic mass is 10.00. The summed E-state index contributed by atoms with van der Waals surface area (Å²) in [6.45, 7) is 2.46. The lowest BCUT2D eigenvalue weighted by Crippen LogP contribution is -2.09. The highest BCUT2D eigenvalue weighted by molar-refractivity contribution is 5.82. The Balaban J connectivity index is 2.49. The van der Waals surface area contributed by atoms with Gasteiger partial charge in [0.25, 0.3) is 0 Å². The van der Waals surface area contributed by atoms with Crippen LogP contribution in [0.25, 0.3) is 5.57 Å². The van der Waals surface area contributed by atoms with E-state index < -0.39 is 0 Å². The number of rotatable bonds is 1. The summed E-state index contributed by atoms with van der Waals surface area (Å²) in [7, 11) is 0. The van der Waals surface area contributed by atoms with E-state index in [-0.39, 0.29) is 11.5 Å². The van der Waals surface area contributed by atoms with Gasteiger partial charge in [0.05, 0.1) is 5.69 Å². The van der Waals surface area contributed by atoms with Crippen molar-refractivity contribution >= 4 is 11.3 Å². The molecule has 0 bridgehead atoms. The third kappa shape index (κ3) is 1.73. The Morgan fingerprint density at radius 1 is 1.40 bits per heavy atom. The second-order valence-electron chi connectivity index (χ2n) is 3.56. The molecule has 3 N–H and O–H groups in total. The molecule has 2 rings (SSSR count). The molecule has 3 heteroatoms. The van der Waals surface area contributed by atoms with Crippen molar-refractivity contribution in [1.29, 1.82) is 0 Å². The highest BCUT2D eigenvalue weighted by atomic mass is 19.1. The molecule has 1 aliphatic rings. The van der Waals surface area contributed by atoms with Crippen LogP contribution in [0.3, 0.4) is 0 Å². The first kappa shape index (κ1) is 9.77. The van der Waals surface area contributed by atoms with Gasteiger partial charge in [-0.3, -0.25) is 0 Å². The number of benzene rings is 1. The van der Waals surface area contributed by atoms with Crippen LogP contribution in [-0.2, 0) is 0 Å². The van der Waals surface area contributed by atoms with Gasteiger partial charge in [-0.2, -0.15) is 0 Å². The van der Waals surface area contributed by atoms with Crippen LogP contribution in [0.2, 0.25) is 0 Å². The molecule has 1 heterocycles. The van der Waals surface area contributed by atoms with Crippen molar-refractivity contribution in [1.82, 2.24) is 5.32 Å². The van der Waals surface area contributed by atoms with Gasteiger partial charge < -0.3 is 11.1 Å². The molecular weight excluding hydrogens is 191 g/mol. The second-order valence-corrected chi connectivity index (χ2v) is 3.56. The van der Waals surface area contributed by atoms with Crippen LogP contribution in [0.15, 0.2) is 30.5 Å². The lowest BCUT2D eigenvalue weighted by Gasteiger charge is -2.12. The van der Waals surface area contributed by atoms with E-state index >= 15 is 0 Å². The molecule has 0 unspecified atom stereocenters. The number of hydrogen-bond donors (Lipinski definition) is 2. The number of allylic oxidation sites excluding steroid dienone is 2. The number of nitrogens with one attached hydrogen (secondary N) is 1. The zero-order chi connectivity index (χ0) is 10.8. The van der Waals surface area contributed by atoms with Crippen molar-refractivity contribution in [3.8, 4) is 0 Å². The van der Waals surface area contributed by atoms with E-state index in [9.17, 15) is 4.39 Å². The number of nitrogen functional groups attached to an aromatic ring is 1. The predicted octanol–water partition coefficient (Wildman–Crippen LogP) is 2.22. The Hall–Kier alpha value is -1.77. The predicted molar refractivity (Wildman–Crippen MR) is 60.7 cm³/mol. The molecule has 1 aromatic rings. The minimum atomic E-state index is -0.319. The van der Waals surface area contributed by atoms with Crippen molar-refractivity contribution in [3.05, 3.63) is 47.4 Å². The van der Waals surface area contributed by atoms with E-state index in [1.165, 1.54) is 0 Å². The maximum absolute atomic E-state index is 13.6. The summed E-state index contributed by atoms with van der Waals surface area (Å²) in [5.41, 5.74) is 8.28. The summed E-state index contributed by atoms with van der Waals surface area (Å²) in [6, 6.07) is 3.60. The average molecular weight is 204 g/mol. The largest absolute Gasteiger partial charge is 0.396 e. The smallest absolute Gasteiger partial charge is 0.149 e.